The number of methoxy groups -OCH3 is 1. The zero-order valence-corrected chi connectivity index (χ0v) is 19.8. The van der Waals surface area contributed by atoms with Gasteiger partial charge in [-0.05, 0) is 43.4 Å². The van der Waals surface area contributed by atoms with Crippen LogP contribution in [0.2, 0.25) is 5.02 Å². The molecular formula is C24H33ClN4O. The Kier molecular flexibility index (Phi) is 7.24. The van der Waals surface area contributed by atoms with Gasteiger partial charge in [0.1, 0.15) is 17.3 Å². The number of aromatic nitrogens is 3. The van der Waals surface area contributed by atoms with E-state index in [-0.39, 0.29) is 0 Å². The fourth-order valence-corrected chi connectivity index (χ4v) is 4.29. The van der Waals surface area contributed by atoms with Gasteiger partial charge in [-0.25, -0.2) is 4.98 Å². The first-order chi connectivity index (χ1) is 14.4. The summed E-state index contributed by atoms with van der Waals surface area (Å²) in [7, 11) is 1.67. The van der Waals surface area contributed by atoms with Crippen LogP contribution in [0.4, 0.5) is 5.82 Å². The molecule has 3 rings (SSSR count). The second kappa shape index (κ2) is 9.69. The van der Waals surface area contributed by atoms with E-state index in [9.17, 15) is 0 Å². The average Bonchev–Trinajstić information content (AvgIpc) is 3.09. The number of unbranched alkanes of at least 4 members (excludes halogenated alkanes) is 1. The number of hydrogen-bond acceptors (Lipinski definition) is 4. The van der Waals surface area contributed by atoms with Crippen LogP contribution >= 0.6 is 11.6 Å². The molecule has 0 aliphatic heterocycles. The molecule has 30 heavy (non-hydrogen) atoms. The maximum Gasteiger partial charge on any atom is 0.165 e. The van der Waals surface area contributed by atoms with Gasteiger partial charge in [0.15, 0.2) is 5.65 Å². The van der Waals surface area contributed by atoms with E-state index >= 15 is 0 Å². The molecule has 0 aliphatic carbocycles. The zero-order chi connectivity index (χ0) is 21.8. The van der Waals surface area contributed by atoms with Gasteiger partial charge in [-0.1, -0.05) is 45.7 Å². The lowest BCUT2D eigenvalue weighted by molar-refractivity contribution is 0.416. The van der Waals surface area contributed by atoms with Crippen LogP contribution < -0.4 is 9.64 Å². The molecule has 0 saturated heterocycles. The Hall–Kier alpha value is -2.27. The highest BCUT2D eigenvalue weighted by Gasteiger charge is 2.23. The number of aryl methyl sites for hydroxylation is 2. The van der Waals surface area contributed by atoms with Crippen molar-refractivity contribution in [3.63, 3.8) is 0 Å². The van der Waals surface area contributed by atoms with E-state index in [1.54, 1.807) is 7.11 Å². The van der Waals surface area contributed by atoms with Crippen LogP contribution in [0.15, 0.2) is 24.5 Å². The summed E-state index contributed by atoms with van der Waals surface area (Å²) in [5, 5.41) is 0.625. The minimum absolute atomic E-state index is 0.560. The van der Waals surface area contributed by atoms with Crippen molar-refractivity contribution in [3.8, 4) is 17.0 Å². The molecule has 0 fully saturated rings. The summed E-state index contributed by atoms with van der Waals surface area (Å²) in [6, 6.07) is 3.94. The summed E-state index contributed by atoms with van der Waals surface area (Å²) >= 11 is 6.66. The number of hydrogen-bond donors (Lipinski definition) is 0. The Morgan fingerprint density at radius 3 is 2.63 bits per heavy atom. The van der Waals surface area contributed by atoms with E-state index < -0.39 is 0 Å². The van der Waals surface area contributed by atoms with Crippen molar-refractivity contribution in [2.24, 2.45) is 5.92 Å². The average molecular weight is 429 g/mol. The summed E-state index contributed by atoms with van der Waals surface area (Å²) in [4.78, 5) is 12.2. The normalized spacial score (nSPS) is 11.5. The minimum Gasteiger partial charge on any atom is -0.496 e. The summed E-state index contributed by atoms with van der Waals surface area (Å²) in [5.74, 6) is 2.44. The summed E-state index contributed by atoms with van der Waals surface area (Å²) < 4.78 is 7.83. The molecule has 3 aromatic rings. The molecule has 1 aromatic carbocycles. The van der Waals surface area contributed by atoms with Crippen molar-refractivity contribution < 1.29 is 4.74 Å². The number of imidazole rings is 1. The van der Waals surface area contributed by atoms with Gasteiger partial charge in [-0.15, -0.1) is 0 Å². The second-order valence-electron chi connectivity index (χ2n) is 8.22. The highest BCUT2D eigenvalue weighted by Crippen LogP contribution is 2.39. The van der Waals surface area contributed by atoms with E-state index in [1.807, 2.05) is 31.5 Å². The molecule has 5 nitrogen and oxygen atoms in total. The Balaban J connectivity index is 2.25. The standard InChI is InChI=1S/C24H33ClN4O/c1-7-9-11-28(15-16(3)4)24-19(8-2)27-23-22(26-10-12-29(23)24)21-18(25)13-17(5)14-20(21)30-6/h10,12-14,16H,7-9,11,15H2,1-6H3. The molecule has 0 atom stereocenters. The van der Waals surface area contributed by atoms with Gasteiger partial charge in [0.05, 0.1) is 23.4 Å². The molecule has 0 unspecified atom stereocenters. The molecule has 0 radical (unpaired) electrons. The van der Waals surface area contributed by atoms with Crippen molar-refractivity contribution in [2.75, 3.05) is 25.1 Å². The molecular weight excluding hydrogens is 396 g/mol. The minimum atomic E-state index is 0.560. The lowest BCUT2D eigenvalue weighted by Crippen LogP contribution is -2.30. The molecule has 162 valence electrons. The molecule has 0 N–H and O–H groups in total. The van der Waals surface area contributed by atoms with Crippen LogP contribution in [0.1, 0.15) is 51.8 Å². The van der Waals surface area contributed by atoms with Gasteiger partial charge in [-0.2, -0.15) is 0 Å². The van der Waals surface area contributed by atoms with E-state index in [0.717, 1.165) is 60.5 Å². The smallest absolute Gasteiger partial charge is 0.165 e. The quantitative estimate of drug-likeness (QED) is 0.407. The Bertz CT molecular complexity index is 1010. The van der Waals surface area contributed by atoms with Gasteiger partial charge in [-0.3, -0.25) is 9.38 Å². The largest absolute Gasteiger partial charge is 0.496 e. The lowest BCUT2D eigenvalue weighted by Gasteiger charge is -2.27. The van der Waals surface area contributed by atoms with Crippen molar-refractivity contribution in [3.05, 3.63) is 40.8 Å². The van der Waals surface area contributed by atoms with E-state index in [0.29, 0.717) is 16.7 Å². The van der Waals surface area contributed by atoms with Crippen LogP contribution in [0.25, 0.3) is 16.9 Å². The van der Waals surface area contributed by atoms with Crippen molar-refractivity contribution in [1.29, 1.82) is 0 Å². The molecule has 2 aromatic heterocycles. The van der Waals surface area contributed by atoms with Gasteiger partial charge in [0.25, 0.3) is 0 Å². The first-order valence-corrected chi connectivity index (χ1v) is 11.2. The molecule has 0 bridgehead atoms. The number of fused-ring (bicyclic) bond motifs is 1. The summed E-state index contributed by atoms with van der Waals surface area (Å²) in [6.07, 6.45) is 7.01. The van der Waals surface area contributed by atoms with E-state index in [2.05, 4.69) is 42.0 Å². The van der Waals surface area contributed by atoms with Gasteiger partial charge >= 0.3 is 0 Å². The first kappa shape index (κ1) is 22.4. The Labute approximate surface area is 185 Å². The number of nitrogens with zero attached hydrogens (tertiary/aromatic N) is 4. The second-order valence-corrected chi connectivity index (χ2v) is 8.63. The Morgan fingerprint density at radius 1 is 1.23 bits per heavy atom. The van der Waals surface area contributed by atoms with Crippen molar-refractivity contribution in [1.82, 2.24) is 14.4 Å². The van der Waals surface area contributed by atoms with Crippen molar-refractivity contribution in [2.45, 2.75) is 53.9 Å². The lowest BCUT2D eigenvalue weighted by atomic mass is 10.1. The molecule has 0 saturated carbocycles. The Morgan fingerprint density at radius 2 is 2.00 bits per heavy atom. The molecule has 6 heteroatoms. The van der Waals surface area contributed by atoms with Gasteiger partial charge in [0.2, 0.25) is 0 Å². The molecule has 2 heterocycles. The predicted octanol–water partition coefficient (Wildman–Crippen LogP) is 6.19. The highest BCUT2D eigenvalue weighted by atomic mass is 35.5. The van der Waals surface area contributed by atoms with E-state index in [4.69, 9.17) is 21.3 Å². The van der Waals surface area contributed by atoms with Crippen LogP contribution in [0, 0.1) is 12.8 Å². The predicted molar refractivity (Wildman–Crippen MR) is 126 cm³/mol. The number of halogens is 1. The van der Waals surface area contributed by atoms with E-state index in [1.165, 1.54) is 5.82 Å². The first-order valence-electron chi connectivity index (χ1n) is 10.9. The SMILES string of the molecule is CCCCN(CC(C)C)c1c(CC)nc2c(-c3c(Cl)cc(C)cc3OC)nccn12. The zero-order valence-electron chi connectivity index (χ0n) is 19.0. The maximum atomic E-state index is 6.66. The summed E-state index contributed by atoms with van der Waals surface area (Å²) in [6.45, 7) is 12.9. The van der Waals surface area contributed by atoms with Gasteiger partial charge in [0, 0.05) is 25.5 Å². The topological polar surface area (TPSA) is 42.7 Å². The highest BCUT2D eigenvalue weighted by molar-refractivity contribution is 6.34. The van der Waals surface area contributed by atoms with Crippen LogP contribution in [0.3, 0.4) is 0 Å². The third kappa shape index (κ3) is 4.41. The number of ether oxygens (including phenoxy) is 1. The monoisotopic (exact) mass is 428 g/mol. The third-order valence-electron chi connectivity index (χ3n) is 5.24. The molecule has 0 spiro atoms. The number of anilines is 1. The number of benzene rings is 1. The molecule has 0 aliphatic rings. The van der Waals surface area contributed by atoms with Crippen LogP contribution in [0.5, 0.6) is 5.75 Å². The van der Waals surface area contributed by atoms with Crippen LogP contribution in [-0.4, -0.2) is 34.6 Å². The fourth-order valence-electron chi connectivity index (χ4n) is 3.93. The maximum absolute atomic E-state index is 6.66. The molecule has 0 amide bonds. The fraction of sp³-hybridized carbons (Fsp3) is 0.500. The van der Waals surface area contributed by atoms with Crippen LogP contribution in [-0.2, 0) is 6.42 Å². The third-order valence-corrected chi connectivity index (χ3v) is 5.54. The van der Waals surface area contributed by atoms with Gasteiger partial charge < -0.3 is 9.64 Å². The summed E-state index contributed by atoms with van der Waals surface area (Å²) in [5.41, 5.74) is 4.49. The number of rotatable bonds is 9. The van der Waals surface area contributed by atoms with Crippen molar-refractivity contribution >= 4 is 23.1 Å².